The van der Waals surface area contributed by atoms with Crippen molar-refractivity contribution in [3.05, 3.63) is 42.1 Å². The van der Waals surface area contributed by atoms with Gasteiger partial charge in [0.05, 0.1) is 12.1 Å². The molecule has 1 heterocycles. The van der Waals surface area contributed by atoms with Gasteiger partial charge in [0.1, 0.15) is 5.60 Å². The Balaban J connectivity index is 2.58. The predicted octanol–water partition coefficient (Wildman–Crippen LogP) is 3.82. The third kappa shape index (κ3) is 3.16. The van der Waals surface area contributed by atoms with E-state index < -0.39 is 11.7 Å². The number of carbonyl (C=O) groups excluding carboxylic acids is 1. The Hall–Kier alpha value is -2.07. The standard InChI is InChI=1S/C17H21NO3/c1-5-12(11-19)14-10-18(16(20)21-17(2,3)4)15-9-7-6-8-13(14)15/h5-10,19H,11H2,1-4H3/b12-5-. The number of aromatic nitrogens is 1. The van der Waals surface area contributed by atoms with Crippen LogP contribution < -0.4 is 0 Å². The average Bonchev–Trinajstić information content (AvgIpc) is 2.79. The number of aliphatic hydroxyl groups excluding tert-OH is 1. The average molecular weight is 287 g/mol. The van der Waals surface area contributed by atoms with Crippen molar-refractivity contribution in [1.29, 1.82) is 0 Å². The largest absolute Gasteiger partial charge is 0.443 e. The number of rotatable bonds is 2. The van der Waals surface area contributed by atoms with Gasteiger partial charge in [-0.1, -0.05) is 24.3 Å². The third-order valence-electron chi connectivity index (χ3n) is 3.17. The Kier molecular flexibility index (Phi) is 4.19. The molecule has 0 aliphatic carbocycles. The Morgan fingerprint density at radius 1 is 1.33 bits per heavy atom. The van der Waals surface area contributed by atoms with Gasteiger partial charge in [0.25, 0.3) is 0 Å². The van der Waals surface area contributed by atoms with Crippen LogP contribution in [0.4, 0.5) is 4.79 Å². The van der Waals surface area contributed by atoms with E-state index in [1.54, 1.807) is 6.20 Å². The zero-order chi connectivity index (χ0) is 15.6. The van der Waals surface area contributed by atoms with Gasteiger partial charge in [0.2, 0.25) is 0 Å². The highest BCUT2D eigenvalue weighted by atomic mass is 16.6. The number of carbonyl (C=O) groups is 1. The first-order chi connectivity index (χ1) is 9.87. The number of hydrogen-bond acceptors (Lipinski definition) is 3. The monoisotopic (exact) mass is 287 g/mol. The topological polar surface area (TPSA) is 51.5 Å². The maximum Gasteiger partial charge on any atom is 0.419 e. The van der Waals surface area contributed by atoms with E-state index in [4.69, 9.17) is 4.74 Å². The molecule has 0 amide bonds. The van der Waals surface area contributed by atoms with Crippen LogP contribution in [0.25, 0.3) is 16.5 Å². The molecule has 4 nitrogen and oxygen atoms in total. The first kappa shape index (κ1) is 15.3. The van der Waals surface area contributed by atoms with Gasteiger partial charge in [-0.3, -0.25) is 4.57 Å². The van der Waals surface area contributed by atoms with Crippen molar-refractivity contribution in [3.8, 4) is 0 Å². The van der Waals surface area contributed by atoms with Crippen molar-refractivity contribution in [2.45, 2.75) is 33.3 Å². The molecule has 0 saturated heterocycles. The van der Waals surface area contributed by atoms with E-state index in [0.29, 0.717) is 0 Å². The number of para-hydroxylation sites is 1. The molecule has 0 atom stereocenters. The van der Waals surface area contributed by atoms with Crippen LogP contribution in [0.3, 0.4) is 0 Å². The number of nitrogens with zero attached hydrogens (tertiary/aromatic N) is 1. The minimum absolute atomic E-state index is 0.0706. The van der Waals surface area contributed by atoms with Crippen molar-refractivity contribution in [1.82, 2.24) is 4.57 Å². The van der Waals surface area contributed by atoms with Crippen molar-refractivity contribution < 1.29 is 14.6 Å². The van der Waals surface area contributed by atoms with E-state index in [1.807, 2.05) is 58.0 Å². The van der Waals surface area contributed by atoms with Crippen molar-refractivity contribution in [2.24, 2.45) is 0 Å². The molecular formula is C17H21NO3. The Labute approximate surface area is 124 Å². The molecule has 4 heteroatoms. The molecule has 1 aromatic carbocycles. The molecule has 0 fully saturated rings. The minimum Gasteiger partial charge on any atom is -0.443 e. The summed E-state index contributed by atoms with van der Waals surface area (Å²) in [5, 5.41) is 10.4. The van der Waals surface area contributed by atoms with Crippen LogP contribution >= 0.6 is 0 Å². The van der Waals surface area contributed by atoms with Gasteiger partial charge in [0, 0.05) is 17.1 Å². The molecule has 2 aromatic rings. The molecule has 21 heavy (non-hydrogen) atoms. The van der Waals surface area contributed by atoms with Gasteiger partial charge >= 0.3 is 6.09 Å². The second kappa shape index (κ2) is 5.74. The quantitative estimate of drug-likeness (QED) is 0.913. The van der Waals surface area contributed by atoms with Gasteiger partial charge in [-0.05, 0) is 39.3 Å². The van der Waals surface area contributed by atoms with Crippen LogP contribution in [0.2, 0.25) is 0 Å². The molecule has 1 aromatic heterocycles. The summed E-state index contributed by atoms with van der Waals surface area (Å²) >= 11 is 0. The van der Waals surface area contributed by atoms with Crippen LogP contribution in [0.15, 0.2) is 36.5 Å². The molecule has 0 unspecified atom stereocenters. The normalized spacial score (nSPS) is 12.7. The summed E-state index contributed by atoms with van der Waals surface area (Å²) in [6.45, 7) is 7.30. The summed E-state index contributed by atoms with van der Waals surface area (Å²) in [6.07, 6.45) is 3.16. The molecule has 0 aliphatic rings. The lowest BCUT2D eigenvalue weighted by Gasteiger charge is -2.19. The fourth-order valence-corrected chi connectivity index (χ4v) is 2.23. The highest BCUT2D eigenvalue weighted by Crippen LogP contribution is 2.27. The second-order valence-electron chi connectivity index (χ2n) is 5.88. The maximum atomic E-state index is 12.3. The van der Waals surface area contributed by atoms with Crippen LogP contribution in [0.5, 0.6) is 0 Å². The van der Waals surface area contributed by atoms with Gasteiger partial charge < -0.3 is 9.84 Å². The first-order valence-electron chi connectivity index (χ1n) is 6.97. The Morgan fingerprint density at radius 3 is 2.57 bits per heavy atom. The molecule has 0 aliphatic heterocycles. The molecular weight excluding hydrogens is 266 g/mol. The lowest BCUT2D eigenvalue weighted by molar-refractivity contribution is 0.0544. The minimum atomic E-state index is -0.553. The van der Waals surface area contributed by atoms with E-state index in [0.717, 1.165) is 22.0 Å². The van der Waals surface area contributed by atoms with E-state index in [-0.39, 0.29) is 6.61 Å². The van der Waals surface area contributed by atoms with E-state index >= 15 is 0 Å². The van der Waals surface area contributed by atoms with Gasteiger partial charge in [0.15, 0.2) is 0 Å². The Bertz CT molecular complexity index is 690. The summed E-state index contributed by atoms with van der Waals surface area (Å²) in [6, 6.07) is 7.59. The number of fused-ring (bicyclic) bond motifs is 1. The van der Waals surface area contributed by atoms with Crippen LogP contribution in [-0.4, -0.2) is 28.0 Å². The molecule has 0 radical (unpaired) electrons. The van der Waals surface area contributed by atoms with E-state index in [9.17, 15) is 9.90 Å². The SMILES string of the molecule is C/C=C(/CO)c1cn(C(=O)OC(C)(C)C)c2ccccc12. The van der Waals surface area contributed by atoms with Crippen LogP contribution in [-0.2, 0) is 4.74 Å². The number of aliphatic hydroxyl groups is 1. The summed E-state index contributed by atoms with van der Waals surface area (Å²) in [5.74, 6) is 0. The molecule has 0 spiro atoms. The highest BCUT2D eigenvalue weighted by molar-refractivity contribution is 5.98. The van der Waals surface area contributed by atoms with E-state index in [1.165, 1.54) is 4.57 Å². The van der Waals surface area contributed by atoms with Gasteiger partial charge in [-0.15, -0.1) is 0 Å². The number of hydrogen-bond donors (Lipinski definition) is 1. The van der Waals surface area contributed by atoms with Crippen LogP contribution in [0.1, 0.15) is 33.3 Å². The van der Waals surface area contributed by atoms with Crippen LogP contribution in [0, 0.1) is 0 Å². The summed E-state index contributed by atoms with van der Waals surface area (Å²) in [4.78, 5) is 12.3. The maximum absolute atomic E-state index is 12.3. The molecule has 0 bridgehead atoms. The molecule has 2 rings (SSSR count). The third-order valence-corrected chi connectivity index (χ3v) is 3.17. The first-order valence-corrected chi connectivity index (χ1v) is 6.97. The Morgan fingerprint density at radius 2 is 2.00 bits per heavy atom. The van der Waals surface area contributed by atoms with Crippen molar-refractivity contribution in [3.63, 3.8) is 0 Å². The molecule has 0 saturated carbocycles. The number of benzene rings is 1. The number of allylic oxidation sites excluding steroid dienone is 1. The van der Waals surface area contributed by atoms with Gasteiger partial charge in [-0.2, -0.15) is 0 Å². The summed E-state index contributed by atoms with van der Waals surface area (Å²) in [7, 11) is 0. The number of ether oxygens (including phenoxy) is 1. The zero-order valence-electron chi connectivity index (χ0n) is 12.9. The summed E-state index contributed by atoms with van der Waals surface area (Å²) < 4.78 is 6.93. The lowest BCUT2D eigenvalue weighted by Crippen LogP contribution is -2.26. The zero-order valence-corrected chi connectivity index (χ0v) is 12.9. The van der Waals surface area contributed by atoms with Crippen molar-refractivity contribution >= 4 is 22.6 Å². The smallest absolute Gasteiger partial charge is 0.419 e. The molecule has 112 valence electrons. The summed E-state index contributed by atoms with van der Waals surface area (Å²) in [5.41, 5.74) is 1.85. The van der Waals surface area contributed by atoms with Crippen molar-refractivity contribution in [2.75, 3.05) is 6.61 Å². The fourth-order valence-electron chi connectivity index (χ4n) is 2.23. The predicted molar refractivity (Wildman–Crippen MR) is 84.3 cm³/mol. The van der Waals surface area contributed by atoms with Gasteiger partial charge in [-0.25, -0.2) is 4.79 Å². The highest BCUT2D eigenvalue weighted by Gasteiger charge is 2.21. The van der Waals surface area contributed by atoms with E-state index in [2.05, 4.69) is 0 Å². The molecule has 1 N–H and O–H groups in total. The lowest BCUT2D eigenvalue weighted by atomic mass is 10.1. The fraction of sp³-hybridized carbons (Fsp3) is 0.353. The second-order valence-corrected chi connectivity index (χ2v) is 5.88.